The average molecular weight is 295 g/mol. The summed E-state index contributed by atoms with van der Waals surface area (Å²) in [6, 6.07) is 8.53. The number of anilines is 2. The molecule has 1 aromatic carbocycles. The summed E-state index contributed by atoms with van der Waals surface area (Å²) in [6.45, 7) is 5.70. The summed E-state index contributed by atoms with van der Waals surface area (Å²) in [7, 11) is 0. The Kier molecular flexibility index (Phi) is 5.03. The third-order valence-electron chi connectivity index (χ3n) is 2.98. The van der Waals surface area contributed by atoms with Crippen molar-refractivity contribution in [1.29, 1.82) is 0 Å². The molecule has 112 valence electrons. The summed E-state index contributed by atoms with van der Waals surface area (Å²) in [6.07, 6.45) is 4.85. The molecule has 0 unspecified atom stereocenters. The maximum Gasteiger partial charge on any atom is 0.257 e. The minimum Gasteiger partial charge on any atom is -0.380 e. The van der Waals surface area contributed by atoms with Crippen LogP contribution < -0.4 is 10.6 Å². The van der Waals surface area contributed by atoms with Crippen molar-refractivity contribution in [1.82, 2.24) is 4.98 Å². The van der Waals surface area contributed by atoms with Gasteiger partial charge in [-0.25, -0.2) is 0 Å². The number of aromatic nitrogens is 1. The molecule has 5 heteroatoms. The number of amides is 1. The molecule has 0 aliphatic heterocycles. The van der Waals surface area contributed by atoms with Gasteiger partial charge in [-0.15, -0.1) is 6.58 Å². The van der Waals surface area contributed by atoms with Crippen LogP contribution in [0.3, 0.4) is 0 Å². The number of Topliss-reactive ketones (excluding diaryl/α,β-unsaturated/α-hetero) is 1. The number of carbonyl (C=O) groups is 2. The van der Waals surface area contributed by atoms with Gasteiger partial charge < -0.3 is 10.6 Å². The molecule has 0 radical (unpaired) electrons. The zero-order chi connectivity index (χ0) is 15.9. The fourth-order valence-corrected chi connectivity index (χ4v) is 1.87. The Bertz CT molecular complexity index is 711. The van der Waals surface area contributed by atoms with Gasteiger partial charge in [-0.3, -0.25) is 14.6 Å². The van der Waals surface area contributed by atoms with Crippen molar-refractivity contribution in [3.8, 4) is 0 Å². The third kappa shape index (κ3) is 4.02. The molecule has 5 nitrogen and oxygen atoms in total. The maximum atomic E-state index is 12.2. The second kappa shape index (κ2) is 7.17. The van der Waals surface area contributed by atoms with E-state index in [1.807, 2.05) is 0 Å². The van der Waals surface area contributed by atoms with Crippen LogP contribution in [0.4, 0.5) is 11.4 Å². The fourth-order valence-electron chi connectivity index (χ4n) is 1.87. The smallest absolute Gasteiger partial charge is 0.257 e. The molecule has 0 saturated carbocycles. The van der Waals surface area contributed by atoms with E-state index in [4.69, 9.17) is 0 Å². The average Bonchev–Trinajstić information content (AvgIpc) is 2.53. The first-order chi connectivity index (χ1) is 10.6. The van der Waals surface area contributed by atoms with Crippen LogP contribution in [-0.2, 0) is 0 Å². The van der Waals surface area contributed by atoms with Gasteiger partial charge >= 0.3 is 0 Å². The summed E-state index contributed by atoms with van der Waals surface area (Å²) in [4.78, 5) is 27.6. The van der Waals surface area contributed by atoms with E-state index in [1.165, 1.54) is 13.1 Å². The number of pyridine rings is 1. The van der Waals surface area contributed by atoms with Gasteiger partial charge in [0.05, 0.1) is 11.3 Å². The van der Waals surface area contributed by atoms with Crippen LogP contribution >= 0.6 is 0 Å². The molecule has 0 saturated heterocycles. The van der Waals surface area contributed by atoms with Crippen molar-refractivity contribution in [3.05, 3.63) is 66.5 Å². The van der Waals surface area contributed by atoms with Gasteiger partial charge in [0.2, 0.25) is 0 Å². The molecule has 0 aliphatic carbocycles. The van der Waals surface area contributed by atoms with E-state index in [2.05, 4.69) is 22.2 Å². The standard InChI is InChI=1S/C17H17N3O2/c1-3-7-19-16-9-14(10-18-11-16)17(22)20-15-6-4-5-13(8-15)12(2)21/h3-6,8-11,19H,1,7H2,2H3,(H,20,22). The van der Waals surface area contributed by atoms with E-state index in [1.54, 1.807) is 42.6 Å². The molecule has 0 spiro atoms. The largest absolute Gasteiger partial charge is 0.380 e. The van der Waals surface area contributed by atoms with Crippen molar-refractivity contribution in [2.75, 3.05) is 17.2 Å². The SMILES string of the molecule is C=CCNc1cncc(C(=O)Nc2cccc(C(C)=O)c2)c1. The number of ketones is 1. The number of nitrogens with one attached hydrogen (secondary N) is 2. The van der Waals surface area contributed by atoms with E-state index < -0.39 is 0 Å². The molecular weight excluding hydrogens is 278 g/mol. The third-order valence-corrected chi connectivity index (χ3v) is 2.98. The molecule has 22 heavy (non-hydrogen) atoms. The lowest BCUT2D eigenvalue weighted by atomic mass is 10.1. The van der Waals surface area contributed by atoms with Crippen LogP contribution in [0.25, 0.3) is 0 Å². The number of carbonyl (C=O) groups excluding carboxylic acids is 2. The predicted octanol–water partition coefficient (Wildman–Crippen LogP) is 3.13. The molecule has 0 aliphatic rings. The molecule has 2 N–H and O–H groups in total. The normalized spacial score (nSPS) is 9.86. The van der Waals surface area contributed by atoms with Crippen molar-refractivity contribution in [3.63, 3.8) is 0 Å². The molecule has 0 bridgehead atoms. The number of nitrogens with zero attached hydrogens (tertiary/aromatic N) is 1. The van der Waals surface area contributed by atoms with Gasteiger partial charge in [0.1, 0.15) is 0 Å². The minimum atomic E-state index is -0.282. The summed E-state index contributed by atoms with van der Waals surface area (Å²) < 4.78 is 0. The van der Waals surface area contributed by atoms with Crippen LogP contribution in [-0.4, -0.2) is 23.2 Å². The first kappa shape index (κ1) is 15.4. The van der Waals surface area contributed by atoms with Crippen LogP contribution in [0.15, 0.2) is 55.4 Å². The Hall–Kier alpha value is -2.95. The first-order valence-corrected chi connectivity index (χ1v) is 6.82. The molecule has 0 fully saturated rings. The molecule has 1 amide bonds. The summed E-state index contributed by atoms with van der Waals surface area (Å²) in [5.41, 5.74) is 2.30. The minimum absolute atomic E-state index is 0.0478. The topological polar surface area (TPSA) is 71.1 Å². The number of benzene rings is 1. The molecule has 0 atom stereocenters. The van der Waals surface area contributed by atoms with E-state index in [9.17, 15) is 9.59 Å². The Morgan fingerprint density at radius 2 is 1.95 bits per heavy atom. The van der Waals surface area contributed by atoms with Crippen LogP contribution in [0.5, 0.6) is 0 Å². The molecule has 1 heterocycles. The van der Waals surface area contributed by atoms with Crippen LogP contribution in [0.2, 0.25) is 0 Å². The summed E-state index contributed by atoms with van der Waals surface area (Å²) in [5, 5.41) is 5.83. The van der Waals surface area contributed by atoms with E-state index in [0.29, 0.717) is 23.4 Å². The Balaban J connectivity index is 2.13. The highest BCUT2D eigenvalue weighted by atomic mass is 16.1. The number of hydrogen-bond acceptors (Lipinski definition) is 4. The number of rotatable bonds is 6. The first-order valence-electron chi connectivity index (χ1n) is 6.82. The van der Waals surface area contributed by atoms with E-state index in [0.717, 1.165) is 5.69 Å². The zero-order valence-electron chi connectivity index (χ0n) is 12.3. The van der Waals surface area contributed by atoms with Gasteiger partial charge in [0.15, 0.2) is 5.78 Å². The second-order valence-electron chi connectivity index (χ2n) is 4.72. The lowest BCUT2D eigenvalue weighted by molar-refractivity contribution is 0.101. The highest BCUT2D eigenvalue weighted by Gasteiger charge is 2.08. The van der Waals surface area contributed by atoms with Gasteiger partial charge in [0.25, 0.3) is 5.91 Å². The lowest BCUT2D eigenvalue weighted by Gasteiger charge is -2.08. The summed E-state index contributed by atoms with van der Waals surface area (Å²) in [5.74, 6) is -0.330. The van der Waals surface area contributed by atoms with Crippen molar-refractivity contribution in [2.24, 2.45) is 0 Å². The zero-order valence-corrected chi connectivity index (χ0v) is 12.3. The molecule has 1 aromatic heterocycles. The van der Waals surface area contributed by atoms with Crippen molar-refractivity contribution >= 4 is 23.1 Å². The second-order valence-corrected chi connectivity index (χ2v) is 4.72. The van der Waals surface area contributed by atoms with Crippen LogP contribution in [0.1, 0.15) is 27.6 Å². The van der Waals surface area contributed by atoms with Gasteiger partial charge in [0, 0.05) is 30.2 Å². The lowest BCUT2D eigenvalue weighted by Crippen LogP contribution is -2.13. The Labute approximate surface area is 129 Å². The van der Waals surface area contributed by atoms with Gasteiger partial charge in [-0.2, -0.15) is 0 Å². The molecule has 2 aromatic rings. The molecular formula is C17H17N3O2. The molecule has 2 rings (SSSR count). The monoisotopic (exact) mass is 295 g/mol. The van der Waals surface area contributed by atoms with E-state index >= 15 is 0 Å². The van der Waals surface area contributed by atoms with Crippen LogP contribution in [0, 0.1) is 0 Å². The Morgan fingerprint density at radius 3 is 2.68 bits per heavy atom. The Morgan fingerprint density at radius 1 is 1.18 bits per heavy atom. The summed E-state index contributed by atoms with van der Waals surface area (Å²) >= 11 is 0. The predicted molar refractivity (Wildman–Crippen MR) is 87.3 cm³/mol. The fraction of sp³-hybridized carbons (Fsp3) is 0.118. The quantitative estimate of drug-likeness (QED) is 0.634. The number of hydrogen-bond donors (Lipinski definition) is 2. The highest BCUT2D eigenvalue weighted by Crippen LogP contribution is 2.14. The van der Waals surface area contributed by atoms with Crippen molar-refractivity contribution in [2.45, 2.75) is 6.92 Å². The van der Waals surface area contributed by atoms with Gasteiger partial charge in [-0.05, 0) is 25.1 Å². The van der Waals surface area contributed by atoms with Gasteiger partial charge in [-0.1, -0.05) is 18.2 Å². The highest BCUT2D eigenvalue weighted by molar-refractivity contribution is 6.05. The maximum absolute atomic E-state index is 12.2. The van der Waals surface area contributed by atoms with E-state index in [-0.39, 0.29) is 11.7 Å². The van der Waals surface area contributed by atoms with Crippen molar-refractivity contribution < 1.29 is 9.59 Å².